The maximum absolute atomic E-state index is 6.56. The zero-order chi connectivity index (χ0) is 21.3. The van der Waals surface area contributed by atoms with Gasteiger partial charge in [0.05, 0.1) is 22.1 Å². The summed E-state index contributed by atoms with van der Waals surface area (Å²) in [5, 5.41) is 6.92. The summed E-state index contributed by atoms with van der Waals surface area (Å²) in [6, 6.07) is 14.0. The summed E-state index contributed by atoms with van der Waals surface area (Å²) >= 11 is 18.8. The van der Waals surface area contributed by atoms with Crippen molar-refractivity contribution in [2.45, 2.75) is 51.6 Å². The Morgan fingerprint density at radius 2 is 1.63 bits per heavy atom. The molecule has 158 valence electrons. The standard InChI is InChI=1S/C24H26Cl3N3/c1-16-22(15-29(2)20-6-4-3-5-7-20)28-30(23-13-12-19(26)14-21(23)27)24(16)17-8-10-18(25)11-9-17/h8-14,20H,3-7,15H2,1-2H3. The predicted molar refractivity (Wildman–Crippen MR) is 127 cm³/mol. The number of nitrogens with zero attached hydrogens (tertiary/aromatic N) is 3. The van der Waals surface area contributed by atoms with Gasteiger partial charge in [0, 0.05) is 28.2 Å². The van der Waals surface area contributed by atoms with Crippen molar-refractivity contribution in [3.05, 3.63) is 68.8 Å². The zero-order valence-electron chi connectivity index (χ0n) is 17.3. The Morgan fingerprint density at radius 3 is 2.30 bits per heavy atom. The highest BCUT2D eigenvalue weighted by Gasteiger charge is 2.23. The average molecular weight is 463 g/mol. The van der Waals surface area contributed by atoms with Crippen LogP contribution in [0.25, 0.3) is 16.9 Å². The highest BCUT2D eigenvalue weighted by atomic mass is 35.5. The Bertz CT molecular complexity index is 1020. The highest BCUT2D eigenvalue weighted by Crippen LogP contribution is 2.34. The average Bonchev–Trinajstić information content (AvgIpc) is 3.05. The summed E-state index contributed by atoms with van der Waals surface area (Å²) in [5.41, 5.74) is 5.13. The van der Waals surface area contributed by atoms with E-state index < -0.39 is 0 Å². The number of rotatable bonds is 5. The largest absolute Gasteiger partial charge is 0.298 e. The number of halogens is 3. The van der Waals surface area contributed by atoms with Crippen molar-refractivity contribution in [3.63, 3.8) is 0 Å². The Labute approximate surface area is 193 Å². The molecule has 6 heteroatoms. The molecule has 1 saturated carbocycles. The molecule has 1 aliphatic rings. The van der Waals surface area contributed by atoms with Crippen LogP contribution >= 0.6 is 34.8 Å². The molecule has 0 unspecified atom stereocenters. The normalized spacial score (nSPS) is 15.1. The van der Waals surface area contributed by atoms with Crippen LogP contribution in [0, 0.1) is 6.92 Å². The molecule has 1 fully saturated rings. The lowest BCUT2D eigenvalue weighted by Crippen LogP contribution is -2.33. The van der Waals surface area contributed by atoms with E-state index in [0.29, 0.717) is 21.1 Å². The lowest BCUT2D eigenvalue weighted by atomic mass is 9.94. The SMILES string of the molecule is Cc1c(CN(C)C2CCCCC2)nn(-c2ccc(Cl)cc2Cl)c1-c1ccc(Cl)cc1. The third-order valence-corrected chi connectivity index (χ3v) is 6.86. The first kappa shape index (κ1) is 21.7. The third kappa shape index (κ3) is 4.55. The van der Waals surface area contributed by atoms with E-state index in [1.165, 1.54) is 32.1 Å². The first-order valence-corrected chi connectivity index (χ1v) is 11.6. The van der Waals surface area contributed by atoms with E-state index in [4.69, 9.17) is 39.9 Å². The molecule has 0 N–H and O–H groups in total. The van der Waals surface area contributed by atoms with E-state index >= 15 is 0 Å². The van der Waals surface area contributed by atoms with E-state index in [0.717, 1.165) is 34.7 Å². The molecule has 0 atom stereocenters. The summed E-state index contributed by atoms with van der Waals surface area (Å²) in [5.74, 6) is 0. The van der Waals surface area contributed by atoms with Crippen LogP contribution in [-0.4, -0.2) is 27.8 Å². The maximum atomic E-state index is 6.56. The van der Waals surface area contributed by atoms with Crippen molar-refractivity contribution in [1.82, 2.24) is 14.7 Å². The van der Waals surface area contributed by atoms with E-state index in [2.05, 4.69) is 18.9 Å². The Balaban J connectivity index is 1.77. The summed E-state index contributed by atoms with van der Waals surface area (Å²) in [6.45, 7) is 2.95. The molecule has 1 aliphatic carbocycles. The second-order valence-corrected chi connectivity index (χ2v) is 9.42. The van der Waals surface area contributed by atoms with Crippen LogP contribution < -0.4 is 0 Å². The molecule has 0 amide bonds. The molecule has 1 aromatic heterocycles. The molecule has 0 radical (unpaired) electrons. The highest BCUT2D eigenvalue weighted by molar-refractivity contribution is 6.35. The van der Waals surface area contributed by atoms with Crippen LogP contribution in [0.2, 0.25) is 15.1 Å². The minimum absolute atomic E-state index is 0.576. The minimum atomic E-state index is 0.576. The van der Waals surface area contributed by atoms with Gasteiger partial charge in [-0.15, -0.1) is 0 Å². The molecule has 3 aromatic rings. The van der Waals surface area contributed by atoms with E-state index in [1.807, 2.05) is 41.1 Å². The fraction of sp³-hybridized carbons (Fsp3) is 0.375. The zero-order valence-corrected chi connectivity index (χ0v) is 19.6. The Morgan fingerprint density at radius 1 is 0.967 bits per heavy atom. The van der Waals surface area contributed by atoms with Gasteiger partial charge in [-0.25, -0.2) is 4.68 Å². The van der Waals surface area contributed by atoms with Crippen LogP contribution in [0.4, 0.5) is 0 Å². The van der Waals surface area contributed by atoms with Crippen LogP contribution in [0.5, 0.6) is 0 Å². The molecule has 0 bridgehead atoms. The lowest BCUT2D eigenvalue weighted by Gasteiger charge is -2.30. The number of hydrogen-bond acceptors (Lipinski definition) is 2. The molecule has 0 aliphatic heterocycles. The van der Waals surface area contributed by atoms with E-state index in [9.17, 15) is 0 Å². The molecule has 30 heavy (non-hydrogen) atoms. The molecule has 0 saturated heterocycles. The number of aromatic nitrogens is 2. The first-order valence-electron chi connectivity index (χ1n) is 10.4. The van der Waals surface area contributed by atoms with Crippen molar-refractivity contribution in [2.75, 3.05) is 7.05 Å². The molecule has 3 nitrogen and oxygen atoms in total. The Kier molecular flexibility index (Phi) is 6.74. The van der Waals surface area contributed by atoms with Gasteiger partial charge < -0.3 is 0 Å². The van der Waals surface area contributed by atoms with Crippen molar-refractivity contribution in [1.29, 1.82) is 0 Å². The van der Waals surface area contributed by atoms with Crippen LogP contribution in [0.15, 0.2) is 42.5 Å². The van der Waals surface area contributed by atoms with Gasteiger partial charge in [-0.1, -0.05) is 66.2 Å². The van der Waals surface area contributed by atoms with Crippen LogP contribution in [0.3, 0.4) is 0 Å². The Hall–Kier alpha value is -1.52. The van der Waals surface area contributed by atoms with Gasteiger partial charge in [-0.3, -0.25) is 4.90 Å². The summed E-state index contributed by atoms with van der Waals surface area (Å²) < 4.78 is 1.95. The fourth-order valence-corrected chi connectivity index (χ4v) is 4.97. The second kappa shape index (κ2) is 9.32. The van der Waals surface area contributed by atoms with E-state index in [1.54, 1.807) is 6.07 Å². The summed E-state index contributed by atoms with van der Waals surface area (Å²) in [6.07, 6.45) is 6.53. The van der Waals surface area contributed by atoms with Gasteiger partial charge in [-0.2, -0.15) is 5.10 Å². The van der Waals surface area contributed by atoms with Gasteiger partial charge in [-0.05, 0) is 62.7 Å². The van der Waals surface area contributed by atoms with E-state index in [-0.39, 0.29) is 0 Å². The number of benzene rings is 2. The first-order chi connectivity index (χ1) is 14.4. The second-order valence-electron chi connectivity index (χ2n) is 8.14. The van der Waals surface area contributed by atoms with Crippen LogP contribution in [-0.2, 0) is 6.54 Å². The molecule has 1 heterocycles. The molecule has 0 spiro atoms. The quantitative estimate of drug-likeness (QED) is 0.390. The topological polar surface area (TPSA) is 21.1 Å². The number of hydrogen-bond donors (Lipinski definition) is 0. The van der Waals surface area contributed by atoms with Crippen molar-refractivity contribution >= 4 is 34.8 Å². The van der Waals surface area contributed by atoms with Gasteiger partial charge in [0.25, 0.3) is 0 Å². The van der Waals surface area contributed by atoms with Gasteiger partial charge in [0.1, 0.15) is 0 Å². The summed E-state index contributed by atoms with van der Waals surface area (Å²) in [4.78, 5) is 2.45. The molecule has 4 rings (SSSR count). The molecular formula is C24H26Cl3N3. The fourth-order valence-electron chi connectivity index (χ4n) is 4.35. The van der Waals surface area contributed by atoms with Gasteiger partial charge in [0.2, 0.25) is 0 Å². The lowest BCUT2D eigenvalue weighted by molar-refractivity contribution is 0.182. The van der Waals surface area contributed by atoms with Gasteiger partial charge >= 0.3 is 0 Å². The smallest absolute Gasteiger partial charge is 0.0840 e. The summed E-state index contributed by atoms with van der Waals surface area (Å²) in [7, 11) is 2.21. The maximum Gasteiger partial charge on any atom is 0.0840 e. The van der Waals surface area contributed by atoms with Crippen molar-refractivity contribution in [3.8, 4) is 16.9 Å². The van der Waals surface area contributed by atoms with Gasteiger partial charge in [0.15, 0.2) is 0 Å². The van der Waals surface area contributed by atoms with Crippen LogP contribution in [0.1, 0.15) is 43.4 Å². The van der Waals surface area contributed by atoms with Crippen molar-refractivity contribution < 1.29 is 0 Å². The molecular weight excluding hydrogens is 437 g/mol. The molecule has 2 aromatic carbocycles. The predicted octanol–water partition coefficient (Wildman–Crippen LogP) is 7.57. The minimum Gasteiger partial charge on any atom is -0.298 e. The van der Waals surface area contributed by atoms with Crippen molar-refractivity contribution in [2.24, 2.45) is 0 Å². The monoisotopic (exact) mass is 461 g/mol. The third-order valence-electron chi connectivity index (χ3n) is 6.07.